The lowest BCUT2D eigenvalue weighted by Crippen LogP contribution is -2.34. The number of carbonyl (C=O) groups excluding carboxylic acids is 1. The standard InChI is InChI=1S/C24H21N5O3S/c1-16-5-4-6-18(13-16)28-15-29(24-23(28)26-20-7-2-3-8-21(20)27-24)33(31,32)19-11-9-17(10-12-19)14-22(25)30/h2-13H,14-15H2,1H3,(H2,25,30). The monoisotopic (exact) mass is 459 g/mol. The quantitative estimate of drug-likeness (QED) is 0.491. The smallest absolute Gasteiger partial charge is 0.267 e. The van der Waals surface area contributed by atoms with Crippen molar-refractivity contribution in [2.75, 3.05) is 15.9 Å². The number of primary amides is 1. The molecule has 0 unspecified atom stereocenters. The maximum Gasteiger partial charge on any atom is 0.267 e. The van der Waals surface area contributed by atoms with Gasteiger partial charge in [-0.25, -0.2) is 22.7 Å². The number of nitrogens with zero attached hydrogens (tertiary/aromatic N) is 4. The predicted octanol–water partition coefficient (Wildman–Crippen LogP) is 3.27. The summed E-state index contributed by atoms with van der Waals surface area (Å²) in [4.78, 5) is 22.5. The number of rotatable bonds is 5. The van der Waals surface area contributed by atoms with E-state index in [-0.39, 0.29) is 23.8 Å². The van der Waals surface area contributed by atoms with Gasteiger partial charge in [-0.3, -0.25) is 4.79 Å². The van der Waals surface area contributed by atoms with Gasteiger partial charge in [0, 0.05) is 5.69 Å². The lowest BCUT2D eigenvalue weighted by Gasteiger charge is -2.21. The van der Waals surface area contributed by atoms with E-state index in [1.807, 2.05) is 54.3 Å². The number of aryl methyl sites for hydroxylation is 1. The summed E-state index contributed by atoms with van der Waals surface area (Å²) in [7, 11) is -3.94. The number of hydrogen-bond donors (Lipinski definition) is 1. The number of hydrogen-bond acceptors (Lipinski definition) is 6. The summed E-state index contributed by atoms with van der Waals surface area (Å²) in [6.45, 7) is 2.02. The Bertz CT molecular complexity index is 1490. The minimum atomic E-state index is -3.94. The van der Waals surface area contributed by atoms with E-state index in [2.05, 4.69) is 4.98 Å². The fraction of sp³-hybridized carbons (Fsp3) is 0.125. The molecule has 0 spiro atoms. The molecule has 1 aliphatic rings. The second-order valence-corrected chi connectivity index (χ2v) is 9.77. The largest absolute Gasteiger partial charge is 0.369 e. The topological polar surface area (TPSA) is 109 Å². The van der Waals surface area contributed by atoms with Gasteiger partial charge in [-0.1, -0.05) is 36.4 Å². The van der Waals surface area contributed by atoms with Gasteiger partial charge < -0.3 is 10.6 Å². The van der Waals surface area contributed by atoms with Crippen LogP contribution in [0.25, 0.3) is 11.0 Å². The highest BCUT2D eigenvalue weighted by molar-refractivity contribution is 7.92. The first-order chi connectivity index (χ1) is 15.8. The molecule has 0 fully saturated rings. The Kier molecular flexibility index (Phi) is 4.98. The molecule has 2 heterocycles. The van der Waals surface area contributed by atoms with Gasteiger partial charge in [0.05, 0.1) is 22.3 Å². The van der Waals surface area contributed by atoms with Crippen LogP contribution < -0.4 is 14.9 Å². The summed E-state index contributed by atoms with van der Waals surface area (Å²) >= 11 is 0. The molecule has 5 rings (SSSR count). The van der Waals surface area contributed by atoms with Crippen molar-refractivity contribution in [1.82, 2.24) is 9.97 Å². The molecule has 0 aliphatic carbocycles. The van der Waals surface area contributed by atoms with Crippen molar-refractivity contribution < 1.29 is 13.2 Å². The maximum absolute atomic E-state index is 13.7. The average molecular weight is 460 g/mol. The van der Waals surface area contributed by atoms with E-state index in [4.69, 9.17) is 10.7 Å². The minimum absolute atomic E-state index is 0.0421. The highest BCUT2D eigenvalue weighted by Gasteiger charge is 2.38. The molecule has 1 aliphatic heterocycles. The van der Waals surface area contributed by atoms with Crippen molar-refractivity contribution in [2.24, 2.45) is 5.73 Å². The highest BCUT2D eigenvalue weighted by atomic mass is 32.2. The molecular weight excluding hydrogens is 438 g/mol. The summed E-state index contributed by atoms with van der Waals surface area (Å²) in [6.07, 6.45) is 0.0471. The van der Waals surface area contributed by atoms with Gasteiger partial charge in [0.1, 0.15) is 6.67 Å². The van der Waals surface area contributed by atoms with Crippen LogP contribution in [0.1, 0.15) is 11.1 Å². The van der Waals surface area contributed by atoms with Gasteiger partial charge in [-0.05, 0) is 54.4 Å². The molecule has 33 heavy (non-hydrogen) atoms. The molecule has 0 atom stereocenters. The molecule has 166 valence electrons. The summed E-state index contributed by atoms with van der Waals surface area (Å²) in [5.74, 6) is 0.277. The molecule has 8 nitrogen and oxygen atoms in total. The number of carbonyl (C=O) groups is 1. The van der Waals surface area contributed by atoms with E-state index in [1.54, 1.807) is 18.2 Å². The number of anilines is 3. The van der Waals surface area contributed by atoms with Crippen LogP contribution in [-0.2, 0) is 21.2 Å². The molecular formula is C24H21N5O3S. The van der Waals surface area contributed by atoms with Gasteiger partial charge >= 0.3 is 0 Å². The Balaban J connectivity index is 1.62. The molecule has 1 amide bonds. The fourth-order valence-corrected chi connectivity index (χ4v) is 5.24. The number of aromatic nitrogens is 2. The number of benzene rings is 3. The van der Waals surface area contributed by atoms with Crippen molar-refractivity contribution >= 4 is 44.3 Å². The van der Waals surface area contributed by atoms with Crippen molar-refractivity contribution in [2.45, 2.75) is 18.2 Å². The SMILES string of the molecule is Cc1cccc(N2CN(S(=O)(=O)c3ccc(CC(N)=O)cc3)c3nc4ccccc4nc32)c1. The summed E-state index contributed by atoms with van der Waals surface area (Å²) in [5.41, 5.74) is 9.06. The van der Waals surface area contributed by atoms with E-state index < -0.39 is 15.9 Å². The number of para-hydroxylation sites is 2. The third kappa shape index (κ3) is 3.76. The Morgan fingerprint density at radius 3 is 2.24 bits per heavy atom. The third-order valence-electron chi connectivity index (χ3n) is 5.50. The van der Waals surface area contributed by atoms with Crippen molar-refractivity contribution in [3.05, 3.63) is 83.9 Å². The van der Waals surface area contributed by atoms with Crippen LogP contribution in [0.5, 0.6) is 0 Å². The number of sulfonamides is 1. The number of amides is 1. The molecule has 0 saturated carbocycles. The summed E-state index contributed by atoms with van der Waals surface area (Å²) in [5, 5.41) is 0. The van der Waals surface area contributed by atoms with Gasteiger partial charge in [-0.15, -0.1) is 0 Å². The molecule has 4 aromatic rings. The number of fused-ring (bicyclic) bond motifs is 2. The Labute approximate surface area is 191 Å². The Morgan fingerprint density at radius 2 is 1.61 bits per heavy atom. The molecule has 0 saturated heterocycles. The zero-order valence-electron chi connectivity index (χ0n) is 17.8. The van der Waals surface area contributed by atoms with Crippen LogP contribution in [0.3, 0.4) is 0 Å². The summed E-state index contributed by atoms with van der Waals surface area (Å²) < 4.78 is 28.6. The van der Waals surface area contributed by atoms with Crippen LogP contribution in [-0.4, -0.2) is 31.0 Å². The molecule has 0 radical (unpaired) electrons. The first-order valence-corrected chi connectivity index (χ1v) is 11.8. The van der Waals surface area contributed by atoms with Gasteiger partial charge in [-0.2, -0.15) is 0 Å². The van der Waals surface area contributed by atoms with Gasteiger partial charge in [0.25, 0.3) is 10.0 Å². The molecule has 1 aromatic heterocycles. The normalized spacial score (nSPS) is 13.4. The zero-order valence-corrected chi connectivity index (χ0v) is 18.7. The maximum atomic E-state index is 13.7. The zero-order chi connectivity index (χ0) is 23.2. The van der Waals surface area contributed by atoms with Gasteiger partial charge in [0.2, 0.25) is 5.91 Å². The van der Waals surface area contributed by atoms with Crippen molar-refractivity contribution in [1.29, 1.82) is 0 Å². The first kappa shape index (κ1) is 20.9. The summed E-state index contributed by atoms with van der Waals surface area (Å²) in [6, 6.07) is 21.3. The van der Waals surface area contributed by atoms with Gasteiger partial charge in [0.15, 0.2) is 11.6 Å². The highest BCUT2D eigenvalue weighted by Crippen LogP contribution is 2.41. The first-order valence-electron chi connectivity index (χ1n) is 10.3. The van der Waals surface area contributed by atoms with E-state index in [1.165, 1.54) is 16.4 Å². The Hall–Kier alpha value is -3.98. The molecule has 2 N–H and O–H groups in total. The molecule has 3 aromatic carbocycles. The van der Waals surface area contributed by atoms with Crippen LogP contribution in [0.4, 0.5) is 17.3 Å². The Morgan fingerprint density at radius 1 is 0.939 bits per heavy atom. The lowest BCUT2D eigenvalue weighted by molar-refractivity contribution is -0.117. The predicted molar refractivity (Wildman–Crippen MR) is 127 cm³/mol. The van der Waals surface area contributed by atoms with Crippen LogP contribution in [0.2, 0.25) is 0 Å². The fourth-order valence-electron chi connectivity index (χ4n) is 3.89. The average Bonchev–Trinajstić information content (AvgIpc) is 3.17. The van der Waals surface area contributed by atoms with Crippen LogP contribution >= 0.6 is 0 Å². The minimum Gasteiger partial charge on any atom is -0.369 e. The van der Waals surface area contributed by atoms with Crippen LogP contribution in [0, 0.1) is 6.92 Å². The second-order valence-electron chi connectivity index (χ2n) is 7.91. The molecule has 9 heteroatoms. The molecule has 0 bridgehead atoms. The van der Waals surface area contributed by atoms with Crippen molar-refractivity contribution in [3.8, 4) is 0 Å². The number of nitrogens with two attached hydrogens (primary N) is 1. The second kappa shape index (κ2) is 7.86. The lowest BCUT2D eigenvalue weighted by atomic mass is 10.1. The van der Waals surface area contributed by atoms with Crippen molar-refractivity contribution in [3.63, 3.8) is 0 Å². The third-order valence-corrected chi connectivity index (χ3v) is 7.24. The van der Waals surface area contributed by atoms with E-state index in [0.717, 1.165) is 11.3 Å². The van der Waals surface area contributed by atoms with Crippen LogP contribution in [0.15, 0.2) is 77.7 Å². The van der Waals surface area contributed by atoms with E-state index in [0.29, 0.717) is 22.4 Å². The van der Waals surface area contributed by atoms with E-state index in [9.17, 15) is 13.2 Å². The van der Waals surface area contributed by atoms with E-state index >= 15 is 0 Å².